The van der Waals surface area contributed by atoms with Gasteiger partial charge in [-0.05, 0) is 0 Å². The molecule has 0 unspecified atom stereocenters. The van der Waals surface area contributed by atoms with Gasteiger partial charge in [0, 0.05) is 0 Å². The molecule has 0 atom stereocenters. The van der Waals surface area contributed by atoms with Crippen LogP contribution in [-0.4, -0.2) is 10.2 Å². The Bertz CT molecular complexity index is 73.7. The van der Waals surface area contributed by atoms with Crippen LogP contribution in [0.2, 0.25) is 0 Å². The van der Waals surface area contributed by atoms with Crippen molar-refractivity contribution in [1.29, 1.82) is 0 Å². The molecule has 0 aromatic rings. The number of nitrogens with zero attached hydrogens (tertiary/aromatic N) is 2. The van der Waals surface area contributed by atoms with Gasteiger partial charge in [-0.2, -0.15) is 0 Å². The molecule has 0 aliphatic rings. The van der Waals surface area contributed by atoms with Gasteiger partial charge in [0.15, 0.2) is 0 Å². The molecule has 0 amide bonds. The van der Waals surface area contributed by atoms with Gasteiger partial charge in [0.25, 0.3) is 0 Å². The second-order valence-corrected chi connectivity index (χ2v) is 0.447. The van der Waals surface area contributed by atoms with Crippen LogP contribution >= 0.6 is 0 Å². The Labute approximate surface area is 97.9 Å². The summed E-state index contributed by atoms with van der Waals surface area (Å²) >= 11 is 0. The summed E-state index contributed by atoms with van der Waals surface area (Å²) in [4.78, 5) is 16.5. The standard InChI is InChI=1S/Ag.La.2NO3/c;;2*2-1(3)4/q+1;+3;2*-1. The molecule has 0 heterocycles. The van der Waals surface area contributed by atoms with Crippen molar-refractivity contribution in [3.05, 3.63) is 30.6 Å². The Morgan fingerprint density at radius 1 is 0.800 bits per heavy atom. The van der Waals surface area contributed by atoms with Gasteiger partial charge < -0.3 is 30.6 Å². The molecule has 0 aliphatic carbocycles. The molecular formula is AgLaN2O6+2. The van der Waals surface area contributed by atoms with E-state index in [0.29, 0.717) is 0 Å². The van der Waals surface area contributed by atoms with E-state index in [9.17, 15) is 0 Å². The van der Waals surface area contributed by atoms with Gasteiger partial charge in [-0.15, -0.1) is 0 Å². The summed E-state index contributed by atoms with van der Waals surface area (Å²) in [7, 11) is 0. The molecule has 0 N–H and O–H groups in total. The average molecular weight is 371 g/mol. The van der Waals surface area contributed by atoms with E-state index in [1.807, 2.05) is 0 Å². The summed E-state index contributed by atoms with van der Waals surface area (Å²) in [6.07, 6.45) is 0. The second-order valence-electron chi connectivity index (χ2n) is 0.447. The molecule has 58 valence electrons. The summed E-state index contributed by atoms with van der Waals surface area (Å²) in [5.74, 6) is 0. The van der Waals surface area contributed by atoms with Crippen molar-refractivity contribution in [2.24, 2.45) is 0 Å². The predicted octanol–water partition coefficient (Wildman–Crippen LogP) is -0.481. The zero-order valence-corrected chi connectivity index (χ0v) is 9.33. The molecule has 0 fully saturated rings. The van der Waals surface area contributed by atoms with Gasteiger partial charge in [-0.25, -0.2) is 0 Å². The molecule has 0 radical (unpaired) electrons. The molecule has 0 spiro atoms. The molecule has 10 heavy (non-hydrogen) atoms. The minimum atomic E-state index is -1.75. The summed E-state index contributed by atoms with van der Waals surface area (Å²) in [5.41, 5.74) is 0. The number of hydrogen-bond acceptors (Lipinski definition) is 6. The Balaban J connectivity index is -0.0000000300. The first-order chi connectivity index (χ1) is 3.46. The predicted molar refractivity (Wildman–Crippen MR) is 20.7 cm³/mol. The van der Waals surface area contributed by atoms with E-state index in [4.69, 9.17) is 30.6 Å². The van der Waals surface area contributed by atoms with Crippen LogP contribution in [-0.2, 0) is 22.4 Å². The van der Waals surface area contributed by atoms with E-state index >= 15 is 0 Å². The summed E-state index contributed by atoms with van der Waals surface area (Å²) in [5, 5.41) is 29.5. The quantitative estimate of drug-likeness (QED) is 0.321. The maximum absolute atomic E-state index is 8.25. The van der Waals surface area contributed by atoms with Crippen molar-refractivity contribution >= 4 is 0 Å². The van der Waals surface area contributed by atoms with Crippen molar-refractivity contribution in [2.45, 2.75) is 0 Å². The smallest absolute Gasteiger partial charge is 0.356 e. The Hall–Kier alpha value is 0.335. The number of hydrogen-bond donors (Lipinski definition) is 0. The molecule has 10 heteroatoms. The normalized spacial score (nSPS) is 4.80. The average Bonchev–Trinajstić information content (AvgIpc) is 1.25. The van der Waals surface area contributed by atoms with Crippen LogP contribution < -0.4 is 0 Å². The van der Waals surface area contributed by atoms with Crippen LogP contribution in [0.4, 0.5) is 0 Å². The van der Waals surface area contributed by atoms with Gasteiger partial charge >= 0.3 is 58.0 Å². The first-order valence-electron chi connectivity index (χ1n) is 1.10. The fourth-order valence-corrected chi connectivity index (χ4v) is 0. The Morgan fingerprint density at radius 2 is 0.800 bits per heavy atom. The van der Waals surface area contributed by atoms with Crippen LogP contribution in [0.25, 0.3) is 0 Å². The largest absolute Gasteiger partial charge is 3.00 e. The zero-order chi connectivity index (χ0) is 7.15. The molecule has 0 saturated heterocycles. The molecule has 0 aliphatic heterocycles. The van der Waals surface area contributed by atoms with Crippen LogP contribution in [0.5, 0.6) is 0 Å². The van der Waals surface area contributed by atoms with Crippen LogP contribution in [0, 0.1) is 66.2 Å². The first-order valence-corrected chi connectivity index (χ1v) is 1.10. The summed E-state index contributed by atoms with van der Waals surface area (Å²) < 4.78 is 0. The van der Waals surface area contributed by atoms with Gasteiger partial charge in [-0.3, -0.25) is 0 Å². The van der Waals surface area contributed by atoms with Gasteiger partial charge in [0.05, 0.1) is 10.2 Å². The van der Waals surface area contributed by atoms with E-state index < -0.39 is 10.2 Å². The second kappa shape index (κ2) is 16.2. The maximum atomic E-state index is 8.25. The molecule has 0 bridgehead atoms. The zero-order valence-electron chi connectivity index (χ0n) is 4.22. The maximum Gasteiger partial charge on any atom is 3.00 e. The molecule has 0 rings (SSSR count). The van der Waals surface area contributed by atoms with Crippen LogP contribution in [0.15, 0.2) is 0 Å². The number of rotatable bonds is 0. The molecule has 0 aromatic heterocycles. The SMILES string of the molecule is O=[N+]([O-])[O-].O=[N+]([O-])[O-].[Ag+].[La+3]. The molecule has 0 saturated carbocycles. The third-order valence-corrected chi connectivity index (χ3v) is 0. The minimum absolute atomic E-state index is 0. The van der Waals surface area contributed by atoms with E-state index in [0.717, 1.165) is 0 Å². The fraction of sp³-hybridized carbons (Fsp3) is 0. The van der Waals surface area contributed by atoms with E-state index in [1.165, 1.54) is 0 Å². The summed E-state index contributed by atoms with van der Waals surface area (Å²) in [6.45, 7) is 0. The first kappa shape index (κ1) is 22.4. The van der Waals surface area contributed by atoms with Gasteiger partial charge in [-0.1, -0.05) is 0 Å². The van der Waals surface area contributed by atoms with E-state index in [2.05, 4.69) is 0 Å². The van der Waals surface area contributed by atoms with Crippen LogP contribution in [0.3, 0.4) is 0 Å². The minimum Gasteiger partial charge on any atom is -0.356 e. The van der Waals surface area contributed by atoms with Gasteiger partial charge in [0.2, 0.25) is 0 Å². The topological polar surface area (TPSA) is 132 Å². The Kier molecular flexibility index (Phi) is 36.3. The van der Waals surface area contributed by atoms with Gasteiger partial charge in [0.1, 0.15) is 0 Å². The van der Waals surface area contributed by atoms with E-state index in [-0.39, 0.29) is 58.0 Å². The Morgan fingerprint density at radius 3 is 0.800 bits per heavy atom. The third kappa shape index (κ3) is 3990. The molecule has 8 nitrogen and oxygen atoms in total. The van der Waals surface area contributed by atoms with Crippen LogP contribution in [0.1, 0.15) is 0 Å². The van der Waals surface area contributed by atoms with Crippen molar-refractivity contribution < 1.29 is 68.2 Å². The van der Waals surface area contributed by atoms with Crippen molar-refractivity contribution in [3.63, 3.8) is 0 Å². The van der Waals surface area contributed by atoms with Crippen molar-refractivity contribution in [1.82, 2.24) is 0 Å². The van der Waals surface area contributed by atoms with E-state index in [1.54, 1.807) is 0 Å². The molecule has 0 aromatic carbocycles. The van der Waals surface area contributed by atoms with Crippen molar-refractivity contribution in [2.75, 3.05) is 0 Å². The third-order valence-electron chi connectivity index (χ3n) is 0. The molecular weight excluding hydrogens is 371 g/mol. The van der Waals surface area contributed by atoms with Crippen molar-refractivity contribution in [3.8, 4) is 0 Å². The monoisotopic (exact) mass is 370 g/mol. The fourth-order valence-electron chi connectivity index (χ4n) is 0. The summed E-state index contributed by atoms with van der Waals surface area (Å²) in [6, 6.07) is 0.